The van der Waals surface area contributed by atoms with Gasteiger partial charge in [0.05, 0.1) is 19.8 Å². The fourth-order valence-corrected chi connectivity index (χ4v) is 5.00. The first-order valence-corrected chi connectivity index (χ1v) is 13.7. The molecule has 0 bridgehead atoms. The number of carbonyl (C=O) groups is 4. The SMILES string of the molecule is COC(=O)[C@H](CC(C)C)NC(=O)[C@@H]([C@H](Oc1ccc(C=O)cc1)c1ccccc1)N1CN(C)[C@@H](CC(C)C)C1=O. The second-order valence-electron chi connectivity index (χ2n) is 11.1. The van der Waals surface area contributed by atoms with E-state index in [0.29, 0.717) is 29.7 Å². The standard InChI is InChI=1S/C31H41N3O6/c1-20(2)16-25(31(38)39-6)32-29(36)27(34-19-33(5)26(30(34)37)17-21(3)4)28(23-10-8-7-9-11-23)40-24-14-12-22(18-35)13-15-24/h7-15,18,20-21,25-28H,16-17,19H2,1-6H3,(H,32,36)/t25-,26-,27+,28+/m0/s1. The molecule has 0 aliphatic carbocycles. The molecular formula is C31H41N3O6. The summed E-state index contributed by atoms with van der Waals surface area (Å²) in [7, 11) is 3.15. The Balaban J connectivity index is 2.08. The molecule has 4 atom stereocenters. The highest BCUT2D eigenvalue weighted by Gasteiger charge is 2.47. The quantitative estimate of drug-likeness (QED) is 0.298. The summed E-state index contributed by atoms with van der Waals surface area (Å²) >= 11 is 0. The Hall–Kier alpha value is -3.72. The smallest absolute Gasteiger partial charge is 0.328 e. The van der Waals surface area contributed by atoms with Crippen molar-refractivity contribution in [1.82, 2.24) is 15.1 Å². The van der Waals surface area contributed by atoms with Gasteiger partial charge < -0.3 is 19.7 Å². The number of carbonyl (C=O) groups excluding carboxylic acids is 4. The minimum Gasteiger partial charge on any atom is -0.483 e. The van der Waals surface area contributed by atoms with Gasteiger partial charge in [-0.3, -0.25) is 19.3 Å². The Kier molecular flexibility index (Phi) is 10.8. The second kappa shape index (κ2) is 14.1. The average Bonchev–Trinajstić information content (AvgIpc) is 3.20. The maximum atomic E-state index is 14.2. The van der Waals surface area contributed by atoms with Crippen LogP contribution in [-0.2, 0) is 19.1 Å². The molecular weight excluding hydrogens is 510 g/mol. The number of esters is 1. The average molecular weight is 552 g/mol. The molecule has 1 fully saturated rings. The summed E-state index contributed by atoms with van der Waals surface area (Å²) in [5, 5.41) is 2.87. The predicted octanol–water partition coefficient (Wildman–Crippen LogP) is 3.84. The number of likely N-dealkylation sites (N-methyl/N-ethyl adjacent to an activating group) is 1. The molecule has 0 spiro atoms. The monoisotopic (exact) mass is 551 g/mol. The lowest BCUT2D eigenvalue weighted by atomic mass is 9.97. The summed E-state index contributed by atoms with van der Waals surface area (Å²) < 4.78 is 11.4. The first kappa shape index (κ1) is 30.8. The van der Waals surface area contributed by atoms with Gasteiger partial charge >= 0.3 is 5.97 Å². The number of ether oxygens (including phenoxy) is 2. The van der Waals surface area contributed by atoms with Crippen molar-refractivity contribution in [2.75, 3.05) is 20.8 Å². The highest BCUT2D eigenvalue weighted by Crippen LogP contribution is 2.32. The van der Waals surface area contributed by atoms with Crippen LogP contribution in [0.3, 0.4) is 0 Å². The zero-order valence-corrected chi connectivity index (χ0v) is 24.2. The first-order valence-electron chi connectivity index (χ1n) is 13.7. The van der Waals surface area contributed by atoms with Crippen molar-refractivity contribution in [2.24, 2.45) is 11.8 Å². The largest absolute Gasteiger partial charge is 0.483 e. The van der Waals surface area contributed by atoms with Crippen LogP contribution in [0.4, 0.5) is 0 Å². The molecule has 3 rings (SSSR count). The van der Waals surface area contributed by atoms with E-state index in [2.05, 4.69) is 19.2 Å². The van der Waals surface area contributed by atoms with E-state index < -0.39 is 30.1 Å². The van der Waals surface area contributed by atoms with E-state index in [0.717, 1.165) is 6.29 Å². The van der Waals surface area contributed by atoms with Crippen molar-refractivity contribution in [2.45, 2.75) is 64.8 Å². The molecule has 0 unspecified atom stereocenters. The van der Waals surface area contributed by atoms with Gasteiger partial charge in [-0.05, 0) is 61.6 Å². The van der Waals surface area contributed by atoms with Crippen molar-refractivity contribution in [3.05, 3.63) is 65.7 Å². The minimum atomic E-state index is -1.10. The van der Waals surface area contributed by atoms with Crippen LogP contribution in [0.1, 0.15) is 62.6 Å². The molecule has 1 N–H and O–H groups in total. The Morgan fingerprint density at radius 1 is 1.02 bits per heavy atom. The van der Waals surface area contributed by atoms with Crippen molar-refractivity contribution < 1.29 is 28.7 Å². The second-order valence-corrected chi connectivity index (χ2v) is 11.1. The molecule has 9 nitrogen and oxygen atoms in total. The van der Waals surface area contributed by atoms with Crippen molar-refractivity contribution in [3.8, 4) is 5.75 Å². The van der Waals surface area contributed by atoms with E-state index >= 15 is 0 Å². The van der Waals surface area contributed by atoms with Gasteiger partial charge in [0, 0.05) is 5.56 Å². The zero-order chi connectivity index (χ0) is 29.4. The van der Waals surface area contributed by atoms with Crippen LogP contribution in [0, 0.1) is 11.8 Å². The fourth-order valence-electron chi connectivity index (χ4n) is 5.00. The topological polar surface area (TPSA) is 105 Å². The van der Waals surface area contributed by atoms with Crippen LogP contribution in [-0.4, -0.2) is 72.8 Å². The molecule has 40 heavy (non-hydrogen) atoms. The van der Waals surface area contributed by atoms with E-state index in [-0.39, 0.29) is 30.5 Å². The van der Waals surface area contributed by atoms with Gasteiger partial charge in [0.25, 0.3) is 0 Å². The van der Waals surface area contributed by atoms with Gasteiger partial charge in [-0.25, -0.2) is 4.79 Å². The van der Waals surface area contributed by atoms with Gasteiger partial charge in [-0.1, -0.05) is 58.0 Å². The molecule has 9 heteroatoms. The molecule has 1 saturated heterocycles. The molecule has 0 aromatic heterocycles. The molecule has 1 aliphatic heterocycles. The molecule has 2 aromatic rings. The van der Waals surface area contributed by atoms with E-state index in [1.807, 2.05) is 56.1 Å². The lowest BCUT2D eigenvalue weighted by Crippen LogP contribution is -2.56. The number of amides is 2. The summed E-state index contributed by atoms with van der Waals surface area (Å²) in [4.78, 5) is 55.3. The highest BCUT2D eigenvalue weighted by molar-refractivity contribution is 5.93. The van der Waals surface area contributed by atoms with Crippen LogP contribution in [0.5, 0.6) is 5.75 Å². The van der Waals surface area contributed by atoms with E-state index in [1.165, 1.54) is 7.11 Å². The predicted molar refractivity (Wildman–Crippen MR) is 152 cm³/mol. The third kappa shape index (κ3) is 7.69. The van der Waals surface area contributed by atoms with Crippen LogP contribution in [0.15, 0.2) is 54.6 Å². The first-order chi connectivity index (χ1) is 19.0. The van der Waals surface area contributed by atoms with E-state index in [4.69, 9.17) is 9.47 Å². The maximum Gasteiger partial charge on any atom is 0.328 e. The van der Waals surface area contributed by atoms with E-state index in [9.17, 15) is 19.2 Å². The van der Waals surface area contributed by atoms with Gasteiger partial charge in [0.1, 0.15) is 18.1 Å². The Morgan fingerprint density at radius 2 is 1.68 bits per heavy atom. The van der Waals surface area contributed by atoms with Crippen LogP contribution in [0.2, 0.25) is 0 Å². The fraction of sp³-hybridized carbons (Fsp3) is 0.484. The number of benzene rings is 2. The van der Waals surface area contributed by atoms with Crippen molar-refractivity contribution in [1.29, 1.82) is 0 Å². The number of nitrogens with one attached hydrogen (secondary N) is 1. The summed E-state index contributed by atoms with van der Waals surface area (Å²) in [5.74, 6) is -0.420. The van der Waals surface area contributed by atoms with Crippen molar-refractivity contribution >= 4 is 24.1 Å². The molecule has 0 saturated carbocycles. The molecule has 2 aromatic carbocycles. The van der Waals surface area contributed by atoms with E-state index in [1.54, 1.807) is 29.2 Å². The van der Waals surface area contributed by atoms with Crippen LogP contribution < -0.4 is 10.1 Å². The summed E-state index contributed by atoms with van der Waals surface area (Å²) in [6, 6.07) is 13.4. The molecule has 216 valence electrons. The third-order valence-corrected chi connectivity index (χ3v) is 6.98. The normalized spacial score (nSPS) is 17.9. The number of hydrogen-bond acceptors (Lipinski definition) is 7. The third-order valence-electron chi connectivity index (χ3n) is 6.98. The van der Waals surface area contributed by atoms with Gasteiger partial charge in [-0.2, -0.15) is 0 Å². The molecule has 0 radical (unpaired) electrons. The Morgan fingerprint density at radius 3 is 2.23 bits per heavy atom. The number of nitrogens with zero attached hydrogens (tertiary/aromatic N) is 2. The Labute approximate surface area is 236 Å². The maximum absolute atomic E-state index is 14.2. The molecule has 2 amide bonds. The zero-order valence-electron chi connectivity index (χ0n) is 24.2. The number of rotatable bonds is 13. The van der Waals surface area contributed by atoms with Gasteiger partial charge in [-0.15, -0.1) is 0 Å². The Bertz CT molecular complexity index is 1150. The summed E-state index contributed by atoms with van der Waals surface area (Å²) in [6.45, 7) is 8.24. The van der Waals surface area contributed by atoms with Gasteiger partial charge in [0.2, 0.25) is 11.8 Å². The summed E-state index contributed by atoms with van der Waals surface area (Å²) in [6.07, 6.45) is 0.849. The molecule has 1 aliphatic rings. The minimum absolute atomic E-state index is 0.107. The summed E-state index contributed by atoms with van der Waals surface area (Å²) in [5.41, 5.74) is 1.17. The van der Waals surface area contributed by atoms with Crippen molar-refractivity contribution in [3.63, 3.8) is 0 Å². The van der Waals surface area contributed by atoms with Crippen LogP contribution in [0.25, 0.3) is 0 Å². The molecule has 1 heterocycles. The number of hydrogen-bond donors (Lipinski definition) is 1. The lowest BCUT2D eigenvalue weighted by molar-refractivity contribution is -0.148. The number of aldehydes is 1. The van der Waals surface area contributed by atoms with Crippen LogP contribution >= 0.6 is 0 Å². The number of methoxy groups -OCH3 is 1. The highest BCUT2D eigenvalue weighted by atomic mass is 16.5. The lowest BCUT2D eigenvalue weighted by Gasteiger charge is -2.35. The van der Waals surface area contributed by atoms with Gasteiger partial charge in [0.15, 0.2) is 12.1 Å².